The third kappa shape index (κ3) is 6.95. The summed E-state index contributed by atoms with van der Waals surface area (Å²) in [5, 5.41) is 0. The predicted molar refractivity (Wildman–Crippen MR) is 72.5 cm³/mol. The van der Waals surface area contributed by atoms with Crippen LogP contribution in [0.15, 0.2) is 4.99 Å². The summed E-state index contributed by atoms with van der Waals surface area (Å²) in [5.74, 6) is 0.912. The molecule has 1 heterocycles. The Morgan fingerprint density at radius 3 is 2.35 bits per heavy atom. The second-order valence-corrected chi connectivity index (χ2v) is 4.27. The molecule has 0 radical (unpaired) electrons. The third-order valence-corrected chi connectivity index (χ3v) is 2.78. The molecule has 7 heteroatoms. The second-order valence-electron chi connectivity index (χ2n) is 4.27. The summed E-state index contributed by atoms with van der Waals surface area (Å²) in [6.07, 6.45) is -3.01. The van der Waals surface area contributed by atoms with E-state index in [9.17, 15) is 13.2 Å². The van der Waals surface area contributed by atoms with Crippen molar-refractivity contribution in [2.24, 2.45) is 16.6 Å². The van der Waals surface area contributed by atoms with Gasteiger partial charge in [0.2, 0.25) is 0 Å². The number of likely N-dealkylation sites (tertiary alicyclic amines) is 1. The molecule has 1 saturated heterocycles. The molecule has 0 bridgehead atoms. The van der Waals surface area contributed by atoms with Crippen LogP contribution in [0.25, 0.3) is 0 Å². The van der Waals surface area contributed by atoms with Gasteiger partial charge in [-0.1, -0.05) is 6.92 Å². The molecule has 0 saturated carbocycles. The lowest BCUT2D eigenvalue weighted by Crippen LogP contribution is -2.42. The number of nitrogens with zero attached hydrogens (tertiary/aromatic N) is 2. The molecule has 0 unspecified atom stereocenters. The molecule has 0 amide bonds. The van der Waals surface area contributed by atoms with E-state index in [4.69, 9.17) is 5.73 Å². The zero-order valence-electron chi connectivity index (χ0n) is 9.83. The summed E-state index contributed by atoms with van der Waals surface area (Å²) in [7, 11) is 0. The average Bonchev–Trinajstić information content (AvgIpc) is 2.16. The first-order valence-corrected chi connectivity index (χ1v) is 5.50. The normalized spacial score (nSPS) is 19.1. The Labute approximate surface area is 117 Å². The molecule has 3 nitrogen and oxygen atoms in total. The highest BCUT2D eigenvalue weighted by molar-refractivity contribution is 14.0. The quantitative estimate of drug-likeness (QED) is 0.464. The molecule has 1 rings (SSSR count). The molecule has 0 aromatic heterocycles. The van der Waals surface area contributed by atoms with Crippen molar-refractivity contribution in [2.75, 3.05) is 19.6 Å². The van der Waals surface area contributed by atoms with Gasteiger partial charge in [-0.15, -0.1) is 24.0 Å². The second kappa shape index (κ2) is 7.27. The molecule has 2 N–H and O–H groups in total. The average molecular weight is 365 g/mol. The van der Waals surface area contributed by atoms with E-state index in [-0.39, 0.29) is 36.5 Å². The van der Waals surface area contributed by atoms with Crippen molar-refractivity contribution in [1.82, 2.24) is 4.90 Å². The minimum Gasteiger partial charge on any atom is -0.370 e. The number of halogens is 4. The van der Waals surface area contributed by atoms with Gasteiger partial charge in [0.25, 0.3) is 0 Å². The number of guanidine groups is 1. The Morgan fingerprint density at radius 2 is 1.88 bits per heavy atom. The number of hydrogen-bond donors (Lipinski definition) is 1. The number of rotatable bonds is 2. The monoisotopic (exact) mass is 365 g/mol. The molecule has 1 fully saturated rings. The van der Waals surface area contributed by atoms with Crippen LogP contribution >= 0.6 is 24.0 Å². The lowest BCUT2D eigenvalue weighted by molar-refractivity contribution is -0.132. The van der Waals surface area contributed by atoms with E-state index in [1.165, 1.54) is 0 Å². The van der Waals surface area contributed by atoms with Crippen LogP contribution in [0.4, 0.5) is 13.2 Å². The van der Waals surface area contributed by atoms with Gasteiger partial charge in [0.05, 0.1) is 13.0 Å². The maximum Gasteiger partial charge on any atom is 0.390 e. The third-order valence-electron chi connectivity index (χ3n) is 2.78. The molecular weight excluding hydrogens is 346 g/mol. The lowest BCUT2D eigenvalue weighted by Gasteiger charge is -2.31. The van der Waals surface area contributed by atoms with Gasteiger partial charge in [-0.25, -0.2) is 0 Å². The van der Waals surface area contributed by atoms with Gasteiger partial charge < -0.3 is 10.6 Å². The highest BCUT2D eigenvalue weighted by atomic mass is 127. The van der Waals surface area contributed by atoms with Crippen LogP contribution in [-0.2, 0) is 0 Å². The Kier molecular flexibility index (Phi) is 7.18. The molecule has 0 atom stereocenters. The van der Waals surface area contributed by atoms with Gasteiger partial charge in [0.15, 0.2) is 5.96 Å². The maximum atomic E-state index is 11.9. The number of alkyl halides is 3. The van der Waals surface area contributed by atoms with Crippen LogP contribution in [0.2, 0.25) is 0 Å². The van der Waals surface area contributed by atoms with E-state index in [1.54, 1.807) is 0 Å². The van der Waals surface area contributed by atoms with Crippen molar-refractivity contribution in [3.8, 4) is 0 Å². The molecule has 0 aliphatic carbocycles. The highest BCUT2D eigenvalue weighted by Gasteiger charge is 2.26. The van der Waals surface area contributed by atoms with Crippen molar-refractivity contribution in [3.05, 3.63) is 0 Å². The van der Waals surface area contributed by atoms with Gasteiger partial charge >= 0.3 is 6.18 Å². The molecule has 0 spiro atoms. The predicted octanol–water partition coefficient (Wildman–Crippen LogP) is 2.60. The maximum absolute atomic E-state index is 11.9. The van der Waals surface area contributed by atoms with Crippen molar-refractivity contribution >= 4 is 29.9 Å². The van der Waals surface area contributed by atoms with Gasteiger partial charge in [0.1, 0.15) is 0 Å². The Morgan fingerprint density at radius 1 is 1.35 bits per heavy atom. The molecular formula is C10H19F3IN3. The summed E-state index contributed by atoms with van der Waals surface area (Å²) in [5.41, 5.74) is 5.63. The summed E-state index contributed by atoms with van der Waals surface area (Å²) in [4.78, 5) is 5.62. The van der Waals surface area contributed by atoms with Crippen LogP contribution in [-0.4, -0.2) is 36.7 Å². The smallest absolute Gasteiger partial charge is 0.370 e. The lowest BCUT2D eigenvalue weighted by atomic mass is 10.00. The highest BCUT2D eigenvalue weighted by Crippen LogP contribution is 2.19. The fraction of sp³-hybridized carbons (Fsp3) is 0.900. The molecule has 17 heavy (non-hydrogen) atoms. The topological polar surface area (TPSA) is 41.6 Å². The number of hydrogen-bond acceptors (Lipinski definition) is 1. The van der Waals surface area contributed by atoms with E-state index < -0.39 is 12.6 Å². The van der Waals surface area contributed by atoms with Gasteiger partial charge in [-0.3, -0.25) is 4.99 Å². The Balaban J connectivity index is 0.00000256. The van der Waals surface area contributed by atoms with Crippen LogP contribution in [0.3, 0.4) is 0 Å². The summed E-state index contributed by atoms with van der Waals surface area (Å²) in [6, 6.07) is 0. The molecule has 1 aliphatic rings. The zero-order valence-corrected chi connectivity index (χ0v) is 12.2. The number of nitrogens with two attached hydrogens (primary N) is 1. The molecule has 1 aliphatic heterocycles. The van der Waals surface area contributed by atoms with E-state index in [0.29, 0.717) is 5.92 Å². The Hall–Kier alpha value is -0.210. The van der Waals surface area contributed by atoms with E-state index >= 15 is 0 Å². The fourth-order valence-corrected chi connectivity index (χ4v) is 1.63. The van der Waals surface area contributed by atoms with Gasteiger partial charge in [0, 0.05) is 13.1 Å². The Bertz CT molecular complexity index is 248. The van der Waals surface area contributed by atoms with Crippen LogP contribution in [0, 0.1) is 5.92 Å². The summed E-state index contributed by atoms with van der Waals surface area (Å²) < 4.78 is 35.6. The van der Waals surface area contributed by atoms with Gasteiger partial charge in [-0.05, 0) is 18.8 Å². The zero-order chi connectivity index (χ0) is 12.2. The summed E-state index contributed by atoms with van der Waals surface area (Å²) >= 11 is 0. The minimum absolute atomic E-state index is 0. The van der Waals surface area contributed by atoms with Gasteiger partial charge in [-0.2, -0.15) is 13.2 Å². The SMILES string of the molecule is CC1CCN(C(N)=NCCC(F)(F)F)CC1.I. The van der Waals surface area contributed by atoms with Crippen molar-refractivity contribution < 1.29 is 13.2 Å². The minimum atomic E-state index is -4.15. The first kappa shape index (κ1) is 16.8. The molecule has 0 aromatic rings. The van der Waals surface area contributed by atoms with E-state index in [2.05, 4.69) is 11.9 Å². The molecule has 0 aromatic carbocycles. The largest absolute Gasteiger partial charge is 0.390 e. The van der Waals surface area contributed by atoms with Crippen molar-refractivity contribution in [3.63, 3.8) is 0 Å². The van der Waals surface area contributed by atoms with E-state index in [1.807, 2.05) is 4.90 Å². The van der Waals surface area contributed by atoms with Crippen molar-refractivity contribution in [2.45, 2.75) is 32.4 Å². The van der Waals surface area contributed by atoms with Crippen LogP contribution in [0.1, 0.15) is 26.2 Å². The summed E-state index contributed by atoms with van der Waals surface area (Å²) in [6.45, 7) is 3.47. The fourth-order valence-electron chi connectivity index (χ4n) is 1.63. The number of aliphatic imine (C=N–C) groups is 1. The van der Waals surface area contributed by atoms with E-state index in [0.717, 1.165) is 25.9 Å². The standard InChI is InChI=1S/C10H18F3N3.HI/c1-8-2-6-16(7-3-8)9(14)15-5-4-10(11,12)13;/h8H,2-7H2,1H3,(H2,14,15);1H. The first-order valence-electron chi connectivity index (χ1n) is 5.50. The van der Waals surface area contributed by atoms with Crippen LogP contribution < -0.4 is 5.73 Å². The molecule has 102 valence electrons. The first-order chi connectivity index (χ1) is 7.38. The number of piperidine rings is 1. The van der Waals surface area contributed by atoms with Crippen LogP contribution in [0.5, 0.6) is 0 Å². The van der Waals surface area contributed by atoms with Crippen molar-refractivity contribution in [1.29, 1.82) is 0 Å².